The number of nitrogens with zero attached hydrogens (tertiary/aromatic N) is 4. The van der Waals surface area contributed by atoms with E-state index in [0.29, 0.717) is 67.6 Å². The lowest BCUT2D eigenvalue weighted by Crippen LogP contribution is -2.69. The average Bonchev–Trinajstić information content (AvgIpc) is 3.66. The van der Waals surface area contributed by atoms with Crippen LogP contribution in [0.1, 0.15) is 73.1 Å². The molecular weight excluding hydrogens is 652 g/mol. The zero-order valence-corrected chi connectivity index (χ0v) is 28.3. The molecule has 5 atom stereocenters. The normalized spacial score (nSPS) is 24.9. The van der Waals surface area contributed by atoms with Crippen LogP contribution in [0.25, 0.3) is 0 Å². The maximum Gasteiger partial charge on any atom is 0.308 e. The second-order valence-electron chi connectivity index (χ2n) is 13.2. The Morgan fingerprint density at radius 1 is 1.02 bits per heavy atom. The number of fused-ring (bicyclic) bond motifs is 10. The minimum absolute atomic E-state index is 0.0326. The molecule has 49 heavy (non-hydrogen) atoms. The van der Waals surface area contributed by atoms with Gasteiger partial charge in [0.15, 0.2) is 23.0 Å². The number of hydrogen-bond acceptors (Lipinski definition) is 11. The zero-order chi connectivity index (χ0) is 34.6. The Bertz CT molecular complexity index is 2020. The van der Waals surface area contributed by atoms with E-state index in [1.807, 2.05) is 7.05 Å². The number of piperazine rings is 1. The van der Waals surface area contributed by atoms with Crippen LogP contribution >= 0.6 is 11.6 Å². The number of carbonyl (C=O) groups excluding carboxylic acids is 3. The summed E-state index contributed by atoms with van der Waals surface area (Å²) >= 11 is 6.98. The van der Waals surface area contributed by atoms with E-state index in [-0.39, 0.29) is 37.3 Å². The molecule has 12 nitrogen and oxygen atoms in total. The highest BCUT2D eigenvalue weighted by atomic mass is 35.5. The summed E-state index contributed by atoms with van der Waals surface area (Å²) in [5.74, 6) is -0.0560. The predicted octanol–water partition coefficient (Wildman–Crippen LogP) is 4.39. The minimum Gasteiger partial charge on any atom is -0.504 e. The molecule has 5 aliphatic heterocycles. The van der Waals surface area contributed by atoms with Crippen molar-refractivity contribution in [3.63, 3.8) is 0 Å². The SMILES string of the molecule is COc1c(C)c(Cl)c2c(c1O)[C@@H]1C3Cc4c(OC(C)=O)c(C)c5c(c4[C@H](CN4C(=O)c6ccccc6C4=O)N3C(C#N)C(C2)N1C)OCO5. The Labute approximate surface area is 287 Å². The van der Waals surface area contributed by atoms with Gasteiger partial charge in [-0.15, -0.1) is 0 Å². The molecular formula is C36H33ClN4O8. The molecule has 5 aliphatic rings. The van der Waals surface area contributed by atoms with Gasteiger partial charge in [0.05, 0.1) is 41.4 Å². The number of methoxy groups -OCH3 is 1. The molecule has 5 heterocycles. The van der Waals surface area contributed by atoms with Gasteiger partial charge in [-0.1, -0.05) is 23.7 Å². The Kier molecular flexibility index (Phi) is 7.12. The van der Waals surface area contributed by atoms with Crippen LogP contribution in [0.5, 0.6) is 28.7 Å². The number of halogens is 1. The summed E-state index contributed by atoms with van der Waals surface area (Å²) in [6.45, 7) is 4.69. The summed E-state index contributed by atoms with van der Waals surface area (Å²) in [4.78, 5) is 45.6. The lowest BCUT2D eigenvalue weighted by molar-refractivity contribution is -0.132. The number of phenolic OH excluding ortho intramolecular Hbond substituents is 1. The fourth-order valence-electron chi connectivity index (χ4n) is 8.88. The molecule has 1 N–H and O–H groups in total. The largest absolute Gasteiger partial charge is 0.504 e. The molecule has 252 valence electrons. The van der Waals surface area contributed by atoms with Crippen molar-refractivity contribution in [1.29, 1.82) is 5.26 Å². The van der Waals surface area contributed by atoms with E-state index < -0.39 is 42.0 Å². The molecule has 8 rings (SSSR count). The number of likely N-dealkylation sites (N-methyl/N-ethyl adjacent to an activating group) is 1. The summed E-state index contributed by atoms with van der Waals surface area (Å²) < 4.78 is 23.5. The molecule has 0 aliphatic carbocycles. The van der Waals surface area contributed by atoms with E-state index in [0.717, 1.165) is 5.56 Å². The van der Waals surface area contributed by atoms with Gasteiger partial charge in [0.2, 0.25) is 6.79 Å². The van der Waals surface area contributed by atoms with Gasteiger partial charge in [0, 0.05) is 53.4 Å². The number of rotatable bonds is 4. The van der Waals surface area contributed by atoms with E-state index in [1.165, 1.54) is 18.9 Å². The number of imide groups is 1. The summed E-state index contributed by atoms with van der Waals surface area (Å²) in [6.07, 6.45) is 0.624. The third-order valence-electron chi connectivity index (χ3n) is 10.9. The number of phenols is 1. The van der Waals surface area contributed by atoms with Gasteiger partial charge in [-0.3, -0.25) is 29.1 Å². The van der Waals surface area contributed by atoms with Crippen molar-refractivity contribution >= 4 is 29.4 Å². The van der Waals surface area contributed by atoms with Gasteiger partial charge in [-0.2, -0.15) is 5.26 Å². The fraction of sp³-hybridized carbons (Fsp3) is 0.389. The van der Waals surface area contributed by atoms with Crippen molar-refractivity contribution in [3.8, 4) is 34.8 Å². The van der Waals surface area contributed by atoms with Crippen molar-refractivity contribution in [2.75, 3.05) is 27.5 Å². The maximum atomic E-state index is 13.8. The first-order valence-corrected chi connectivity index (χ1v) is 16.4. The second kappa shape index (κ2) is 11.1. The number of amides is 2. The highest BCUT2D eigenvalue weighted by Gasteiger charge is 2.58. The number of aromatic hydroxyl groups is 1. The maximum absolute atomic E-state index is 13.8. The quantitative estimate of drug-likeness (QED) is 0.238. The van der Waals surface area contributed by atoms with Crippen LogP contribution in [-0.4, -0.2) is 83.2 Å². The minimum atomic E-state index is -0.781. The second-order valence-corrected chi connectivity index (χ2v) is 13.6. The Morgan fingerprint density at radius 3 is 2.31 bits per heavy atom. The fourth-order valence-corrected chi connectivity index (χ4v) is 9.15. The lowest BCUT2D eigenvalue weighted by Gasteiger charge is -2.60. The third-order valence-corrected chi connectivity index (χ3v) is 11.4. The van der Waals surface area contributed by atoms with Gasteiger partial charge in [0.25, 0.3) is 11.8 Å². The molecule has 0 saturated carbocycles. The van der Waals surface area contributed by atoms with Crippen molar-refractivity contribution in [2.45, 2.75) is 63.8 Å². The topological polar surface area (TPSA) is 142 Å². The number of hydrogen-bond donors (Lipinski definition) is 1. The summed E-state index contributed by atoms with van der Waals surface area (Å²) in [5, 5.41) is 23.2. The van der Waals surface area contributed by atoms with E-state index in [4.69, 9.17) is 30.5 Å². The molecule has 2 amide bonds. The molecule has 3 aromatic rings. The summed E-state index contributed by atoms with van der Waals surface area (Å²) in [7, 11) is 3.40. The van der Waals surface area contributed by atoms with E-state index >= 15 is 0 Å². The number of ether oxygens (including phenoxy) is 4. The Morgan fingerprint density at radius 2 is 1.67 bits per heavy atom. The summed E-state index contributed by atoms with van der Waals surface area (Å²) in [5.41, 5.74) is 4.35. The predicted molar refractivity (Wildman–Crippen MR) is 174 cm³/mol. The lowest BCUT2D eigenvalue weighted by atomic mass is 9.71. The van der Waals surface area contributed by atoms with E-state index in [2.05, 4.69) is 15.9 Å². The van der Waals surface area contributed by atoms with E-state index in [9.17, 15) is 24.8 Å². The average molecular weight is 685 g/mol. The van der Waals surface area contributed by atoms with Gasteiger partial charge in [0.1, 0.15) is 11.8 Å². The first-order chi connectivity index (χ1) is 23.5. The van der Waals surface area contributed by atoms with Crippen LogP contribution in [0.4, 0.5) is 0 Å². The van der Waals surface area contributed by atoms with Crippen LogP contribution in [0, 0.1) is 25.2 Å². The van der Waals surface area contributed by atoms with Crippen LogP contribution in [0.15, 0.2) is 24.3 Å². The van der Waals surface area contributed by atoms with Crippen LogP contribution in [0.3, 0.4) is 0 Å². The number of benzene rings is 3. The van der Waals surface area contributed by atoms with Crippen LogP contribution in [0.2, 0.25) is 5.02 Å². The summed E-state index contributed by atoms with van der Waals surface area (Å²) in [6, 6.07) is 6.28. The first-order valence-electron chi connectivity index (χ1n) is 16.0. The van der Waals surface area contributed by atoms with E-state index in [1.54, 1.807) is 38.1 Å². The highest BCUT2D eigenvalue weighted by molar-refractivity contribution is 6.32. The molecule has 3 unspecified atom stereocenters. The van der Waals surface area contributed by atoms with Gasteiger partial charge >= 0.3 is 5.97 Å². The molecule has 1 fully saturated rings. The van der Waals surface area contributed by atoms with Crippen LogP contribution < -0.4 is 18.9 Å². The number of esters is 1. The van der Waals surface area contributed by atoms with Crippen molar-refractivity contribution in [2.24, 2.45) is 0 Å². The van der Waals surface area contributed by atoms with Gasteiger partial charge < -0.3 is 24.1 Å². The molecule has 2 bridgehead atoms. The number of nitriles is 1. The van der Waals surface area contributed by atoms with Crippen molar-refractivity contribution < 1.29 is 38.4 Å². The molecule has 0 radical (unpaired) electrons. The van der Waals surface area contributed by atoms with Crippen molar-refractivity contribution in [1.82, 2.24) is 14.7 Å². The molecule has 0 aromatic heterocycles. The first kappa shape index (κ1) is 31.4. The van der Waals surface area contributed by atoms with Crippen molar-refractivity contribution in [3.05, 3.63) is 73.8 Å². The smallest absolute Gasteiger partial charge is 0.308 e. The molecule has 3 aromatic carbocycles. The molecule has 13 heteroatoms. The van der Waals surface area contributed by atoms with Gasteiger partial charge in [-0.05, 0) is 51.4 Å². The standard InChI is InChI=1S/C36H33ClN4O8/c1-15-28(37)20-10-22-24(12-38)41-23(29(39(22)4)27(20)30(43)32(15)46-5)11-21-26(34-33(47-14-48-34)16(2)31(21)49-17(3)42)25(41)13-40-35(44)18-8-6-7-9-19(18)36(40)45/h6-9,22-25,29,43H,10-11,13-14H2,1-5H3/t22?,23?,24?,25-,29-/m0/s1. The Hall–Kier alpha value is -4.83. The Balaban J connectivity index is 1.39. The monoisotopic (exact) mass is 684 g/mol. The molecule has 1 saturated heterocycles. The third kappa shape index (κ3) is 4.19. The highest BCUT2D eigenvalue weighted by Crippen LogP contribution is 2.59. The molecule has 0 spiro atoms. The van der Waals surface area contributed by atoms with Gasteiger partial charge in [-0.25, -0.2) is 0 Å². The number of carbonyl (C=O) groups is 3. The zero-order valence-electron chi connectivity index (χ0n) is 27.5. The van der Waals surface area contributed by atoms with Crippen LogP contribution in [-0.2, 0) is 17.6 Å².